The van der Waals surface area contributed by atoms with Gasteiger partial charge in [-0.3, -0.25) is 0 Å². The second-order valence-corrected chi connectivity index (χ2v) is 5.95. The van der Waals surface area contributed by atoms with Crippen LogP contribution in [0.2, 0.25) is 0 Å². The van der Waals surface area contributed by atoms with Crippen molar-refractivity contribution in [2.24, 2.45) is 23.2 Å². The fraction of sp³-hybridized carbons (Fsp3) is 1.00. The van der Waals surface area contributed by atoms with E-state index in [0.29, 0.717) is 5.41 Å². The highest BCUT2D eigenvalue weighted by Gasteiger charge is 2.27. The van der Waals surface area contributed by atoms with Crippen LogP contribution < -0.4 is 0 Å². The summed E-state index contributed by atoms with van der Waals surface area (Å²) in [6.07, 6.45) is 2.73. The Morgan fingerprint density at radius 2 is 1.38 bits per heavy atom. The third kappa shape index (κ3) is 4.69. The molecule has 0 N–H and O–H groups in total. The van der Waals surface area contributed by atoms with E-state index >= 15 is 0 Å². The monoisotopic (exact) mass is 184 g/mol. The maximum Gasteiger partial charge on any atom is -0.0326 e. The van der Waals surface area contributed by atoms with Crippen molar-refractivity contribution < 1.29 is 0 Å². The Hall–Kier alpha value is 0. The van der Waals surface area contributed by atoms with E-state index in [1.807, 2.05) is 0 Å². The molecule has 0 aliphatic carbocycles. The van der Waals surface area contributed by atoms with Gasteiger partial charge in [-0.1, -0.05) is 54.9 Å². The molecule has 0 fully saturated rings. The summed E-state index contributed by atoms with van der Waals surface area (Å²) < 4.78 is 0. The molecule has 0 aromatic rings. The van der Waals surface area contributed by atoms with Crippen LogP contribution in [0, 0.1) is 23.2 Å². The highest BCUT2D eigenvalue weighted by Crippen LogP contribution is 2.37. The van der Waals surface area contributed by atoms with E-state index in [1.165, 1.54) is 12.8 Å². The second kappa shape index (κ2) is 5.02. The van der Waals surface area contributed by atoms with Crippen LogP contribution in [0.25, 0.3) is 0 Å². The molecule has 13 heavy (non-hydrogen) atoms. The van der Waals surface area contributed by atoms with Crippen molar-refractivity contribution in [3.63, 3.8) is 0 Å². The van der Waals surface area contributed by atoms with Crippen molar-refractivity contribution >= 4 is 0 Å². The second-order valence-electron chi connectivity index (χ2n) is 5.95. The molecule has 1 unspecified atom stereocenters. The minimum absolute atomic E-state index is 0.512. The van der Waals surface area contributed by atoms with Crippen molar-refractivity contribution in [1.29, 1.82) is 0 Å². The smallest absolute Gasteiger partial charge is 0.0326 e. The van der Waals surface area contributed by atoms with Crippen molar-refractivity contribution in [2.75, 3.05) is 0 Å². The quantitative estimate of drug-likeness (QED) is 0.579. The zero-order valence-corrected chi connectivity index (χ0v) is 10.6. The molecule has 1 atom stereocenters. The lowest BCUT2D eigenvalue weighted by Gasteiger charge is -2.35. The summed E-state index contributed by atoms with van der Waals surface area (Å²) in [7, 11) is 0. The van der Waals surface area contributed by atoms with Gasteiger partial charge in [-0.2, -0.15) is 0 Å². The maximum absolute atomic E-state index is 2.42. The van der Waals surface area contributed by atoms with Gasteiger partial charge in [-0.25, -0.2) is 0 Å². The molecule has 0 spiro atoms. The first-order valence-corrected chi connectivity index (χ1v) is 5.77. The molecule has 0 radical (unpaired) electrons. The molecular formula is C13H28. The summed E-state index contributed by atoms with van der Waals surface area (Å²) in [6, 6.07) is 0. The molecule has 0 heteroatoms. The third-order valence-electron chi connectivity index (χ3n) is 3.60. The van der Waals surface area contributed by atoms with Crippen LogP contribution >= 0.6 is 0 Å². The maximum atomic E-state index is 2.42. The van der Waals surface area contributed by atoms with Crippen molar-refractivity contribution in [2.45, 2.75) is 61.3 Å². The first-order valence-electron chi connectivity index (χ1n) is 5.77. The van der Waals surface area contributed by atoms with Crippen LogP contribution in [-0.4, -0.2) is 0 Å². The predicted octanol–water partition coefficient (Wildman–Crippen LogP) is 4.74. The summed E-state index contributed by atoms with van der Waals surface area (Å²) in [5.41, 5.74) is 0.512. The molecular weight excluding hydrogens is 156 g/mol. The number of rotatable bonds is 5. The number of hydrogen-bond acceptors (Lipinski definition) is 0. The normalized spacial score (nSPS) is 15.5. The Balaban J connectivity index is 4.06. The van der Waals surface area contributed by atoms with Crippen molar-refractivity contribution in [3.8, 4) is 0 Å². The predicted molar refractivity (Wildman–Crippen MR) is 61.9 cm³/mol. The molecule has 0 amide bonds. The topological polar surface area (TPSA) is 0 Å². The lowest BCUT2D eigenvalue weighted by molar-refractivity contribution is 0.151. The van der Waals surface area contributed by atoms with Gasteiger partial charge in [0.15, 0.2) is 0 Å². The third-order valence-corrected chi connectivity index (χ3v) is 3.60. The van der Waals surface area contributed by atoms with Gasteiger partial charge < -0.3 is 0 Å². The molecule has 0 bridgehead atoms. The SMILES string of the molecule is CC(C)CCC(C)(C)C(C)C(C)C. The van der Waals surface area contributed by atoms with Crippen LogP contribution in [0.5, 0.6) is 0 Å². The lowest BCUT2D eigenvalue weighted by Crippen LogP contribution is -2.26. The van der Waals surface area contributed by atoms with Crippen LogP contribution in [0.15, 0.2) is 0 Å². The van der Waals surface area contributed by atoms with Crippen molar-refractivity contribution in [3.05, 3.63) is 0 Å². The zero-order valence-electron chi connectivity index (χ0n) is 10.6. The van der Waals surface area contributed by atoms with Crippen molar-refractivity contribution in [1.82, 2.24) is 0 Å². The van der Waals surface area contributed by atoms with Crippen LogP contribution in [0.4, 0.5) is 0 Å². The van der Waals surface area contributed by atoms with Crippen LogP contribution in [0.3, 0.4) is 0 Å². The van der Waals surface area contributed by atoms with E-state index < -0.39 is 0 Å². The van der Waals surface area contributed by atoms with Gasteiger partial charge in [0, 0.05) is 0 Å². The van der Waals surface area contributed by atoms with Gasteiger partial charge >= 0.3 is 0 Å². The Labute approximate surface area is 85.1 Å². The van der Waals surface area contributed by atoms with E-state index in [0.717, 1.165) is 17.8 Å². The summed E-state index contributed by atoms with van der Waals surface area (Å²) >= 11 is 0. The Bertz CT molecular complexity index is 131. The molecule has 0 aromatic heterocycles. The molecule has 0 aliphatic rings. The fourth-order valence-corrected chi connectivity index (χ4v) is 1.79. The van der Waals surface area contributed by atoms with Gasteiger partial charge in [0.05, 0.1) is 0 Å². The van der Waals surface area contributed by atoms with E-state index in [9.17, 15) is 0 Å². The zero-order chi connectivity index (χ0) is 10.6. The largest absolute Gasteiger partial charge is 0.0628 e. The first-order chi connectivity index (χ1) is 5.77. The van der Waals surface area contributed by atoms with Gasteiger partial charge in [0.1, 0.15) is 0 Å². The summed E-state index contributed by atoms with van der Waals surface area (Å²) in [5, 5.41) is 0. The first kappa shape index (κ1) is 13.0. The number of hydrogen-bond donors (Lipinski definition) is 0. The van der Waals surface area contributed by atoms with E-state index in [-0.39, 0.29) is 0 Å². The molecule has 0 aromatic carbocycles. The van der Waals surface area contributed by atoms with Gasteiger partial charge in [-0.15, -0.1) is 0 Å². The molecule has 0 saturated heterocycles. The summed E-state index contributed by atoms with van der Waals surface area (Å²) in [6.45, 7) is 16.5. The average Bonchev–Trinajstić information content (AvgIpc) is 1.99. The van der Waals surface area contributed by atoms with Gasteiger partial charge in [0.25, 0.3) is 0 Å². The average molecular weight is 184 g/mol. The highest BCUT2D eigenvalue weighted by atomic mass is 14.3. The summed E-state index contributed by atoms with van der Waals surface area (Å²) in [5.74, 6) is 2.48. The molecule has 0 heterocycles. The standard InChI is InChI=1S/C13H28/c1-10(2)8-9-13(6,7)12(5)11(3)4/h10-12H,8-9H2,1-7H3. The summed E-state index contributed by atoms with van der Waals surface area (Å²) in [4.78, 5) is 0. The molecule has 0 aliphatic heterocycles. The Morgan fingerprint density at radius 1 is 0.923 bits per heavy atom. The Kier molecular flexibility index (Phi) is 5.02. The van der Waals surface area contributed by atoms with E-state index in [1.54, 1.807) is 0 Å². The fourth-order valence-electron chi connectivity index (χ4n) is 1.79. The van der Waals surface area contributed by atoms with Crippen LogP contribution in [0.1, 0.15) is 61.3 Å². The molecule has 80 valence electrons. The van der Waals surface area contributed by atoms with Gasteiger partial charge in [-0.05, 0) is 29.6 Å². The van der Waals surface area contributed by atoms with E-state index in [4.69, 9.17) is 0 Å². The molecule has 0 nitrogen and oxygen atoms in total. The minimum Gasteiger partial charge on any atom is -0.0628 e. The molecule has 0 rings (SSSR count). The van der Waals surface area contributed by atoms with E-state index in [2.05, 4.69) is 48.5 Å². The minimum atomic E-state index is 0.512. The molecule has 0 saturated carbocycles. The lowest BCUT2D eigenvalue weighted by atomic mass is 9.71. The Morgan fingerprint density at radius 3 is 1.69 bits per heavy atom. The highest BCUT2D eigenvalue weighted by molar-refractivity contribution is 4.77. The van der Waals surface area contributed by atoms with Crippen LogP contribution in [-0.2, 0) is 0 Å². The van der Waals surface area contributed by atoms with Gasteiger partial charge in [0.2, 0.25) is 0 Å².